The van der Waals surface area contributed by atoms with Gasteiger partial charge < -0.3 is 5.11 Å². The molecule has 1 N–H and O–H groups in total. The molecule has 0 atom stereocenters. The van der Waals surface area contributed by atoms with Crippen LogP contribution in [-0.2, 0) is 12.8 Å². The maximum atomic E-state index is 10.9. The standard InChI is InChI=1S/C10H15NO2S/c1-3-5-7-9(10(12)13)11-8(14-7)6-4-2/h3-6H2,1-2H3,(H,12,13). The van der Waals surface area contributed by atoms with E-state index in [0.29, 0.717) is 0 Å². The Hall–Kier alpha value is -0.900. The summed E-state index contributed by atoms with van der Waals surface area (Å²) in [6, 6.07) is 0. The van der Waals surface area contributed by atoms with Crippen molar-refractivity contribution in [2.75, 3.05) is 0 Å². The molecule has 3 nitrogen and oxygen atoms in total. The first-order chi connectivity index (χ1) is 6.69. The van der Waals surface area contributed by atoms with E-state index in [9.17, 15) is 4.79 Å². The predicted molar refractivity (Wildman–Crippen MR) is 57.1 cm³/mol. The van der Waals surface area contributed by atoms with E-state index in [2.05, 4.69) is 11.9 Å². The molecule has 1 heterocycles. The normalized spacial score (nSPS) is 10.4. The Morgan fingerprint density at radius 1 is 1.36 bits per heavy atom. The fourth-order valence-corrected chi connectivity index (χ4v) is 2.55. The van der Waals surface area contributed by atoms with Gasteiger partial charge in [-0.2, -0.15) is 0 Å². The number of carboxylic acids is 1. The Kier molecular flexibility index (Phi) is 4.07. The molecule has 1 rings (SSSR count). The van der Waals surface area contributed by atoms with Crippen LogP contribution in [0.1, 0.15) is 47.1 Å². The first-order valence-electron chi connectivity index (χ1n) is 4.90. The van der Waals surface area contributed by atoms with E-state index < -0.39 is 5.97 Å². The van der Waals surface area contributed by atoms with E-state index in [4.69, 9.17) is 5.11 Å². The zero-order chi connectivity index (χ0) is 10.6. The van der Waals surface area contributed by atoms with Gasteiger partial charge in [-0.05, 0) is 19.3 Å². The molecule has 0 unspecified atom stereocenters. The summed E-state index contributed by atoms with van der Waals surface area (Å²) in [6.45, 7) is 4.12. The maximum absolute atomic E-state index is 10.9. The molecule has 0 aliphatic heterocycles. The minimum Gasteiger partial charge on any atom is -0.476 e. The van der Waals surface area contributed by atoms with E-state index in [-0.39, 0.29) is 5.69 Å². The van der Waals surface area contributed by atoms with Gasteiger partial charge in [-0.3, -0.25) is 0 Å². The van der Waals surface area contributed by atoms with Crippen molar-refractivity contribution in [3.63, 3.8) is 0 Å². The minimum atomic E-state index is -0.896. The van der Waals surface area contributed by atoms with Crippen LogP contribution < -0.4 is 0 Å². The molecule has 0 aliphatic rings. The van der Waals surface area contributed by atoms with Crippen LogP contribution >= 0.6 is 11.3 Å². The van der Waals surface area contributed by atoms with Gasteiger partial charge >= 0.3 is 5.97 Å². The van der Waals surface area contributed by atoms with Gasteiger partial charge in [0.25, 0.3) is 0 Å². The van der Waals surface area contributed by atoms with E-state index in [1.807, 2.05) is 6.92 Å². The molecule has 0 amide bonds. The van der Waals surface area contributed by atoms with E-state index in [1.54, 1.807) is 11.3 Å². The SMILES string of the molecule is CCCc1nc(C(=O)O)c(CCC)s1. The topological polar surface area (TPSA) is 50.2 Å². The number of rotatable bonds is 5. The number of hydrogen-bond donors (Lipinski definition) is 1. The molecule has 0 aliphatic carbocycles. The number of aromatic carboxylic acids is 1. The number of aromatic nitrogens is 1. The van der Waals surface area contributed by atoms with Gasteiger partial charge in [-0.25, -0.2) is 9.78 Å². The second kappa shape index (κ2) is 5.10. The lowest BCUT2D eigenvalue weighted by Gasteiger charge is -1.92. The van der Waals surface area contributed by atoms with Gasteiger partial charge in [0, 0.05) is 4.88 Å². The predicted octanol–water partition coefficient (Wildman–Crippen LogP) is 2.75. The maximum Gasteiger partial charge on any atom is 0.355 e. The Balaban J connectivity index is 2.93. The molecule has 0 bridgehead atoms. The fraction of sp³-hybridized carbons (Fsp3) is 0.600. The van der Waals surface area contributed by atoms with Crippen molar-refractivity contribution < 1.29 is 9.90 Å². The monoisotopic (exact) mass is 213 g/mol. The van der Waals surface area contributed by atoms with Crippen LogP contribution in [0.4, 0.5) is 0 Å². The lowest BCUT2D eigenvalue weighted by Crippen LogP contribution is -2.00. The van der Waals surface area contributed by atoms with Gasteiger partial charge in [0.1, 0.15) is 0 Å². The quantitative estimate of drug-likeness (QED) is 0.818. The van der Waals surface area contributed by atoms with Crippen LogP contribution in [0, 0.1) is 0 Å². The van der Waals surface area contributed by atoms with Crippen LogP contribution in [0.25, 0.3) is 0 Å². The first-order valence-corrected chi connectivity index (χ1v) is 5.72. The third-order valence-corrected chi connectivity index (χ3v) is 3.06. The van der Waals surface area contributed by atoms with E-state index in [0.717, 1.165) is 35.6 Å². The highest BCUT2D eigenvalue weighted by molar-refractivity contribution is 7.11. The summed E-state index contributed by atoms with van der Waals surface area (Å²) in [5.74, 6) is -0.896. The number of carbonyl (C=O) groups is 1. The molecule has 0 aromatic carbocycles. The van der Waals surface area contributed by atoms with Gasteiger partial charge in [0.05, 0.1) is 5.01 Å². The van der Waals surface area contributed by atoms with Crippen LogP contribution in [0.5, 0.6) is 0 Å². The average molecular weight is 213 g/mol. The van der Waals surface area contributed by atoms with E-state index in [1.165, 1.54) is 0 Å². The summed E-state index contributed by atoms with van der Waals surface area (Å²) in [5, 5.41) is 9.87. The molecule has 0 spiro atoms. The molecule has 0 saturated carbocycles. The van der Waals surface area contributed by atoms with Crippen LogP contribution in [0.15, 0.2) is 0 Å². The fourth-order valence-electron chi connectivity index (χ4n) is 1.28. The summed E-state index contributed by atoms with van der Waals surface area (Å²) in [4.78, 5) is 15.9. The highest BCUT2D eigenvalue weighted by Crippen LogP contribution is 2.21. The zero-order valence-corrected chi connectivity index (χ0v) is 9.36. The van der Waals surface area contributed by atoms with Crippen molar-refractivity contribution in [2.45, 2.75) is 39.5 Å². The molecule has 1 aromatic heterocycles. The second-order valence-electron chi connectivity index (χ2n) is 3.18. The van der Waals surface area contributed by atoms with Crippen molar-refractivity contribution in [3.05, 3.63) is 15.6 Å². The van der Waals surface area contributed by atoms with Crippen LogP contribution in [0.2, 0.25) is 0 Å². The van der Waals surface area contributed by atoms with Gasteiger partial charge in [0.15, 0.2) is 5.69 Å². The minimum absolute atomic E-state index is 0.264. The summed E-state index contributed by atoms with van der Waals surface area (Å²) in [5.41, 5.74) is 0.264. The molecule has 4 heteroatoms. The Bertz CT molecular complexity index is 320. The molecular weight excluding hydrogens is 198 g/mol. The highest BCUT2D eigenvalue weighted by atomic mass is 32.1. The van der Waals surface area contributed by atoms with E-state index >= 15 is 0 Å². The molecule has 14 heavy (non-hydrogen) atoms. The largest absolute Gasteiger partial charge is 0.476 e. The summed E-state index contributed by atoms with van der Waals surface area (Å²) in [7, 11) is 0. The number of aryl methyl sites for hydroxylation is 2. The van der Waals surface area contributed by atoms with Crippen molar-refractivity contribution in [1.29, 1.82) is 0 Å². The summed E-state index contributed by atoms with van der Waals surface area (Å²) >= 11 is 1.55. The Morgan fingerprint density at radius 3 is 2.50 bits per heavy atom. The van der Waals surface area contributed by atoms with Crippen LogP contribution in [-0.4, -0.2) is 16.1 Å². The smallest absolute Gasteiger partial charge is 0.355 e. The van der Waals surface area contributed by atoms with Gasteiger partial charge in [-0.1, -0.05) is 20.3 Å². The molecule has 0 saturated heterocycles. The van der Waals surface area contributed by atoms with Gasteiger partial charge in [-0.15, -0.1) is 11.3 Å². The molecule has 78 valence electrons. The third kappa shape index (κ3) is 2.54. The molecular formula is C10H15NO2S. The number of hydrogen-bond acceptors (Lipinski definition) is 3. The van der Waals surface area contributed by atoms with Gasteiger partial charge in [0.2, 0.25) is 0 Å². The zero-order valence-electron chi connectivity index (χ0n) is 8.54. The Labute approximate surface area is 87.8 Å². The number of thiazole rings is 1. The highest BCUT2D eigenvalue weighted by Gasteiger charge is 2.15. The van der Waals surface area contributed by atoms with Crippen LogP contribution in [0.3, 0.4) is 0 Å². The number of carboxylic acid groups (broad SMARTS) is 1. The molecule has 0 fully saturated rings. The first kappa shape index (κ1) is 11.2. The molecule has 0 radical (unpaired) electrons. The second-order valence-corrected chi connectivity index (χ2v) is 4.35. The lowest BCUT2D eigenvalue weighted by molar-refractivity contribution is 0.0690. The number of nitrogens with zero attached hydrogens (tertiary/aromatic N) is 1. The molecule has 1 aromatic rings. The van der Waals surface area contributed by atoms with Crippen molar-refractivity contribution in [2.24, 2.45) is 0 Å². The summed E-state index contributed by atoms with van der Waals surface area (Å²) in [6.07, 6.45) is 3.68. The van der Waals surface area contributed by atoms with Crippen molar-refractivity contribution in [1.82, 2.24) is 4.98 Å². The van der Waals surface area contributed by atoms with Crippen molar-refractivity contribution in [3.8, 4) is 0 Å². The Morgan fingerprint density at radius 2 is 2.00 bits per heavy atom. The van der Waals surface area contributed by atoms with Crippen molar-refractivity contribution >= 4 is 17.3 Å². The average Bonchev–Trinajstić information content (AvgIpc) is 2.49. The lowest BCUT2D eigenvalue weighted by atomic mass is 10.2. The third-order valence-electron chi connectivity index (χ3n) is 1.89. The summed E-state index contributed by atoms with van der Waals surface area (Å²) < 4.78 is 0.